The van der Waals surface area contributed by atoms with E-state index in [4.69, 9.17) is 19.9 Å². The molecule has 11 atom stereocenters. The van der Waals surface area contributed by atoms with Crippen LogP contribution in [0, 0.1) is 17.8 Å². The average Bonchev–Trinajstić information content (AvgIpc) is 4.13. The van der Waals surface area contributed by atoms with Crippen molar-refractivity contribution in [2.75, 3.05) is 44.8 Å². The number of H-pyrrole nitrogens is 1. The number of primary amides is 1. The molecule has 2 aromatic rings. The van der Waals surface area contributed by atoms with Gasteiger partial charge >= 0.3 is 6.09 Å². The number of nitrogens with one attached hydrogen (secondary N) is 8. The number of thioether (sulfide) groups is 1. The van der Waals surface area contributed by atoms with Gasteiger partial charge in [0.15, 0.2) is 0 Å². The summed E-state index contributed by atoms with van der Waals surface area (Å²) in [5, 5.41) is 19.1. The van der Waals surface area contributed by atoms with E-state index in [-0.39, 0.29) is 55.3 Å². The second-order valence-corrected chi connectivity index (χ2v) is 22.4. The molecule has 1 aromatic heterocycles. The second kappa shape index (κ2) is 26.2. The number of aromatic amines is 1. The van der Waals surface area contributed by atoms with Gasteiger partial charge in [0.1, 0.15) is 42.9 Å². The van der Waals surface area contributed by atoms with Crippen molar-refractivity contribution in [3.63, 3.8) is 0 Å². The summed E-state index contributed by atoms with van der Waals surface area (Å²) in [6.07, 6.45) is 7.94. The van der Waals surface area contributed by atoms with Gasteiger partial charge in [0.2, 0.25) is 47.3 Å². The number of nitrogens with two attached hydrogens (primary N) is 1. The van der Waals surface area contributed by atoms with E-state index in [0.29, 0.717) is 37.2 Å². The molecule has 76 heavy (non-hydrogen) atoms. The van der Waals surface area contributed by atoms with Gasteiger partial charge in [-0.05, 0) is 102 Å². The highest BCUT2D eigenvalue weighted by atomic mass is 32.2. The fraction of sp³-hybridized carbons (Fsp3) is 0.642. The van der Waals surface area contributed by atoms with E-state index in [1.165, 1.54) is 29.2 Å². The molecule has 9 amide bonds. The first-order chi connectivity index (χ1) is 36.0. The number of rotatable bonds is 26. The number of aromatic nitrogens is 1. The zero-order valence-electron chi connectivity index (χ0n) is 45.0. The molecule has 4 heterocycles. The molecule has 3 saturated heterocycles. The maximum absolute atomic E-state index is 14.0. The van der Waals surface area contributed by atoms with Crippen LogP contribution in [0.1, 0.15) is 99.0 Å². The standard InChI is InChI=1S/C53H78N10O12S/c1-29(2)15-16-41-52(7,75-41)45-31(5)40(17-19-53(45)28-73-53)74-51(72)58-27-44(66)63-20-11-14-39(63)50(71)62-37(22-30(3)4)47(68)57-26-43(65)60-36(18-21-76-8)48(69)61-38(23-33-24-55-35-13-10-9-12-34(33)35)49(70)59-32(6)46(67)56-25-42(54)64/h9-10,12-13,15,24,30-32,36-41,45,55H,11,14,16-23,25-28H2,1-8H3,(H2,54,64)(H,56,67)(H,57,68)(H,58,72)(H,59,70)(H,60,65)(H,61,69)(H,62,71)/t31-,32+,36+,37+,38+,39?,40-,41-,45-,52+,53+/m1/s1. The van der Waals surface area contributed by atoms with Gasteiger partial charge in [0.05, 0.1) is 37.0 Å². The van der Waals surface area contributed by atoms with Crippen LogP contribution in [-0.2, 0) is 59.0 Å². The lowest BCUT2D eigenvalue weighted by molar-refractivity contribution is -0.139. The van der Waals surface area contributed by atoms with Crippen molar-refractivity contribution >= 4 is 76.0 Å². The number of hydrogen-bond donors (Lipinski definition) is 9. The minimum absolute atomic E-state index is 0.00357. The highest BCUT2D eigenvalue weighted by Crippen LogP contribution is 2.61. The summed E-state index contributed by atoms with van der Waals surface area (Å²) < 4.78 is 18.2. The van der Waals surface area contributed by atoms with E-state index in [2.05, 4.69) is 76.0 Å². The van der Waals surface area contributed by atoms with Crippen molar-refractivity contribution in [2.45, 2.75) is 153 Å². The summed E-state index contributed by atoms with van der Waals surface area (Å²) in [5.74, 6) is -4.93. The van der Waals surface area contributed by atoms with Crippen LogP contribution in [0.15, 0.2) is 42.1 Å². The van der Waals surface area contributed by atoms with E-state index >= 15 is 0 Å². The van der Waals surface area contributed by atoms with Gasteiger partial charge in [-0.25, -0.2) is 4.79 Å². The number of para-hydroxylation sites is 1. The number of amides is 9. The Hall–Kier alpha value is -6.20. The molecule has 22 nitrogen and oxygen atoms in total. The molecule has 23 heteroatoms. The third-order valence-electron chi connectivity index (χ3n) is 14.8. The molecule has 1 saturated carbocycles. The van der Waals surface area contributed by atoms with Crippen LogP contribution in [0.25, 0.3) is 10.9 Å². The summed E-state index contributed by atoms with van der Waals surface area (Å²) >= 11 is 1.43. The highest BCUT2D eigenvalue weighted by Gasteiger charge is 2.71. The summed E-state index contributed by atoms with van der Waals surface area (Å²) in [4.78, 5) is 124. The van der Waals surface area contributed by atoms with Crippen LogP contribution in [0.2, 0.25) is 0 Å². The predicted molar refractivity (Wildman–Crippen MR) is 284 cm³/mol. The van der Waals surface area contributed by atoms with Crippen molar-refractivity contribution in [1.82, 2.24) is 47.1 Å². The number of epoxide rings is 2. The number of nitrogens with zero attached hydrogens (tertiary/aromatic N) is 1. The first-order valence-corrected chi connectivity index (χ1v) is 27.7. The molecule has 4 aliphatic rings. The molecule has 3 aliphatic heterocycles. The molecule has 10 N–H and O–H groups in total. The number of carbonyl (C=O) groups excluding carboxylic acids is 9. The van der Waals surface area contributed by atoms with Crippen LogP contribution >= 0.6 is 11.8 Å². The Bertz CT molecular complexity index is 2490. The van der Waals surface area contributed by atoms with Gasteiger partial charge in [0, 0.05) is 41.9 Å². The van der Waals surface area contributed by atoms with Crippen molar-refractivity contribution in [3.05, 3.63) is 47.7 Å². The van der Waals surface area contributed by atoms with Crippen molar-refractivity contribution < 1.29 is 57.4 Å². The van der Waals surface area contributed by atoms with Crippen molar-refractivity contribution in [2.24, 2.45) is 23.5 Å². The Kier molecular flexibility index (Phi) is 20.4. The topological polar surface area (TPSA) is 317 Å². The van der Waals surface area contributed by atoms with E-state index < -0.39 is 115 Å². The second-order valence-electron chi connectivity index (χ2n) is 21.4. The third-order valence-corrected chi connectivity index (χ3v) is 15.5. The maximum atomic E-state index is 14.0. The Balaban J connectivity index is 1.01. The number of fused-ring (bicyclic) bond motifs is 1. The maximum Gasteiger partial charge on any atom is 0.407 e. The summed E-state index contributed by atoms with van der Waals surface area (Å²) in [6.45, 7) is 12.9. The fourth-order valence-corrected chi connectivity index (χ4v) is 11.3. The Morgan fingerprint density at radius 2 is 1.61 bits per heavy atom. The van der Waals surface area contributed by atoms with Crippen molar-refractivity contribution in [3.8, 4) is 0 Å². The van der Waals surface area contributed by atoms with E-state index in [1.807, 2.05) is 44.4 Å². The van der Waals surface area contributed by atoms with E-state index in [0.717, 1.165) is 23.7 Å². The molecule has 1 aliphatic carbocycles. The normalized spacial score (nSPS) is 25.0. The largest absolute Gasteiger partial charge is 0.446 e. The Labute approximate surface area is 448 Å². The fourth-order valence-electron chi connectivity index (χ4n) is 10.8. The van der Waals surface area contributed by atoms with Crippen LogP contribution < -0.4 is 43.0 Å². The SMILES string of the molecule is CSCC[C@H](NC(=O)CNC(=O)[C@H](CC(C)C)NC(=O)C1CCCN1C(=O)CNC(=O)O[C@@H]1CC[C@]2(CO2)[C@@H]([C@@]2(C)O[C@@H]2CC=C(C)C)[C@@H]1C)C(=O)N[C@@H](Cc1c[nH]c2ccccc12)C(=O)N[C@@H](C)C(=O)NCC(N)=O. The monoisotopic (exact) mass is 1080 g/mol. The molecule has 1 unspecified atom stereocenters. The summed E-state index contributed by atoms with van der Waals surface area (Å²) in [7, 11) is 0. The summed E-state index contributed by atoms with van der Waals surface area (Å²) in [5.41, 5.74) is 7.17. The number of alkyl carbamates (subject to hydrolysis) is 1. The van der Waals surface area contributed by atoms with Gasteiger partial charge in [-0.3, -0.25) is 38.4 Å². The smallest absolute Gasteiger partial charge is 0.407 e. The average molecular weight is 1080 g/mol. The molecule has 0 bridgehead atoms. The van der Waals surface area contributed by atoms with Crippen LogP contribution in [0.4, 0.5) is 4.79 Å². The number of benzene rings is 1. The lowest BCUT2D eigenvalue weighted by Crippen LogP contribution is -2.58. The Morgan fingerprint density at radius 1 is 0.895 bits per heavy atom. The van der Waals surface area contributed by atoms with Crippen LogP contribution in [0.5, 0.6) is 0 Å². The minimum Gasteiger partial charge on any atom is -0.446 e. The molecule has 0 radical (unpaired) electrons. The first kappa shape index (κ1) is 59.1. The zero-order chi connectivity index (χ0) is 55.5. The van der Waals surface area contributed by atoms with Crippen LogP contribution in [-0.4, -0.2) is 162 Å². The minimum atomic E-state index is -1.22. The molecule has 4 fully saturated rings. The molecular weight excluding hydrogens is 1000 g/mol. The molecule has 6 rings (SSSR count). The number of allylic oxidation sites excluding steroid dienone is 1. The molecule has 1 spiro atoms. The molecule has 1 aromatic carbocycles. The van der Waals surface area contributed by atoms with E-state index in [1.54, 1.807) is 6.20 Å². The van der Waals surface area contributed by atoms with Gasteiger partial charge in [-0.15, -0.1) is 0 Å². The zero-order valence-corrected chi connectivity index (χ0v) is 45.8. The van der Waals surface area contributed by atoms with Crippen molar-refractivity contribution in [1.29, 1.82) is 0 Å². The quantitative estimate of drug-likeness (QED) is 0.0479. The number of likely N-dealkylation sites (tertiary alicyclic amines) is 1. The van der Waals surface area contributed by atoms with Crippen LogP contribution in [0.3, 0.4) is 0 Å². The predicted octanol–water partition coefficient (Wildman–Crippen LogP) is 1.60. The molecule has 418 valence electrons. The van der Waals surface area contributed by atoms with Gasteiger partial charge in [-0.1, -0.05) is 50.6 Å². The lowest BCUT2D eigenvalue weighted by Gasteiger charge is -2.42. The third kappa shape index (κ3) is 15.5. The van der Waals surface area contributed by atoms with Gasteiger partial charge in [0.25, 0.3) is 0 Å². The summed E-state index contributed by atoms with van der Waals surface area (Å²) in [6, 6.07) is 1.91. The highest BCUT2D eigenvalue weighted by molar-refractivity contribution is 7.98. The Morgan fingerprint density at radius 3 is 2.29 bits per heavy atom. The van der Waals surface area contributed by atoms with Gasteiger partial charge in [-0.2, -0.15) is 11.8 Å². The number of carbonyl (C=O) groups is 9. The van der Waals surface area contributed by atoms with E-state index in [9.17, 15) is 43.2 Å². The van der Waals surface area contributed by atoms with Gasteiger partial charge < -0.3 is 67.0 Å². The number of hydrogen-bond acceptors (Lipinski definition) is 13. The lowest BCUT2D eigenvalue weighted by atomic mass is 9.64. The molecular formula is C53H78N10O12S. The first-order valence-electron chi connectivity index (χ1n) is 26.3. The number of ether oxygens (including phenoxy) is 3.